The Morgan fingerprint density at radius 2 is 1.90 bits per heavy atom. The molecule has 1 aliphatic rings. The first kappa shape index (κ1) is 14.5. The Morgan fingerprint density at radius 3 is 2.45 bits per heavy atom. The maximum absolute atomic E-state index is 12.5. The molecular weight excluding hydrogens is 258 g/mol. The van der Waals surface area contributed by atoms with Crippen LogP contribution in [0.25, 0.3) is 0 Å². The van der Waals surface area contributed by atoms with Gasteiger partial charge in [0.15, 0.2) is 0 Å². The van der Waals surface area contributed by atoms with Crippen molar-refractivity contribution in [3.63, 3.8) is 0 Å². The van der Waals surface area contributed by atoms with E-state index in [1.807, 2.05) is 24.3 Å². The minimum atomic E-state index is -1.03. The van der Waals surface area contributed by atoms with E-state index in [-0.39, 0.29) is 5.91 Å². The fraction of sp³-hybridized carbons (Fsp3) is 0.467. The van der Waals surface area contributed by atoms with E-state index in [0.29, 0.717) is 13.0 Å². The number of hydrogen-bond donors (Lipinski definition) is 1. The van der Waals surface area contributed by atoms with Crippen LogP contribution in [-0.2, 0) is 27.3 Å². The summed E-state index contributed by atoms with van der Waals surface area (Å²) in [5.74, 6) is -1.29. The lowest BCUT2D eigenvalue weighted by Crippen LogP contribution is -2.55. The summed E-state index contributed by atoms with van der Waals surface area (Å²) < 4.78 is 5.18. The molecule has 1 amide bonds. The number of fused-ring (bicyclic) bond motifs is 1. The van der Waals surface area contributed by atoms with Crippen molar-refractivity contribution in [2.75, 3.05) is 7.11 Å². The Balaban J connectivity index is 2.36. The monoisotopic (exact) mass is 277 g/mol. The van der Waals surface area contributed by atoms with Crippen molar-refractivity contribution in [2.45, 2.75) is 38.5 Å². The lowest BCUT2D eigenvalue weighted by Gasteiger charge is -2.38. The molecule has 20 heavy (non-hydrogen) atoms. The Kier molecular flexibility index (Phi) is 3.81. The Bertz CT molecular complexity index is 538. The van der Waals surface area contributed by atoms with Crippen LogP contribution in [-0.4, -0.2) is 40.6 Å². The van der Waals surface area contributed by atoms with E-state index in [9.17, 15) is 14.7 Å². The summed E-state index contributed by atoms with van der Waals surface area (Å²) in [6.45, 7) is 3.60. The summed E-state index contributed by atoms with van der Waals surface area (Å²) in [4.78, 5) is 25.4. The third-order valence-electron chi connectivity index (χ3n) is 3.82. The molecule has 1 aromatic rings. The molecule has 1 aliphatic heterocycles. The number of ether oxygens (including phenoxy) is 1. The third-order valence-corrected chi connectivity index (χ3v) is 3.82. The van der Waals surface area contributed by atoms with Gasteiger partial charge in [-0.15, -0.1) is 0 Å². The number of rotatable bonds is 3. The maximum atomic E-state index is 12.5. The molecule has 0 saturated heterocycles. The first-order valence-corrected chi connectivity index (χ1v) is 6.52. The summed E-state index contributed by atoms with van der Waals surface area (Å²) in [5.41, 5.74) is 0.949. The highest BCUT2D eigenvalue weighted by atomic mass is 16.5. The Labute approximate surface area is 118 Å². The normalized spacial score (nSPS) is 18.6. The zero-order valence-electron chi connectivity index (χ0n) is 11.9. The number of carboxylic acids is 1. The molecule has 0 bridgehead atoms. The number of hydrogen-bond acceptors (Lipinski definition) is 3. The van der Waals surface area contributed by atoms with Gasteiger partial charge in [-0.2, -0.15) is 0 Å². The molecule has 0 radical (unpaired) electrons. The second kappa shape index (κ2) is 5.25. The molecule has 5 heteroatoms. The standard InChI is InChI=1S/C15H19NO4/c1-15(2,20-3)14(19)16-9-11-7-5-4-6-10(11)8-12(16)13(17)18/h4-7,12H,8-9H2,1-3H3,(H,17,18). The number of amides is 1. The van der Waals surface area contributed by atoms with E-state index in [2.05, 4.69) is 0 Å². The van der Waals surface area contributed by atoms with Crippen molar-refractivity contribution in [3.05, 3.63) is 35.4 Å². The number of methoxy groups -OCH3 is 1. The highest BCUT2D eigenvalue weighted by Gasteiger charge is 2.40. The van der Waals surface area contributed by atoms with E-state index >= 15 is 0 Å². The van der Waals surface area contributed by atoms with Crippen molar-refractivity contribution in [1.82, 2.24) is 4.90 Å². The number of nitrogens with zero attached hydrogens (tertiary/aromatic N) is 1. The highest BCUT2D eigenvalue weighted by molar-refractivity contribution is 5.89. The second-order valence-electron chi connectivity index (χ2n) is 5.47. The van der Waals surface area contributed by atoms with Crippen LogP contribution in [0.5, 0.6) is 0 Å². The number of aliphatic carboxylic acids is 1. The van der Waals surface area contributed by atoms with E-state index in [1.54, 1.807) is 13.8 Å². The zero-order chi connectivity index (χ0) is 14.9. The van der Waals surface area contributed by atoms with E-state index in [1.165, 1.54) is 12.0 Å². The van der Waals surface area contributed by atoms with Crippen LogP contribution in [0.1, 0.15) is 25.0 Å². The minimum absolute atomic E-state index is 0.304. The molecule has 1 heterocycles. The molecule has 1 aromatic carbocycles. The molecule has 5 nitrogen and oxygen atoms in total. The van der Waals surface area contributed by atoms with Crippen LogP contribution in [0, 0.1) is 0 Å². The molecule has 1 unspecified atom stereocenters. The summed E-state index contributed by atoms with van der Waals surface area (Å²) in [6, 6.07) is 6.77. The average Bonchev–Trinajstić information content (AvgIpc) is 2.44. The number of carbonyl (C=O) groups excluding carboxylic acids is 1. The summed E-state index contributed by atoms with van der Waals surface area (Å²) in [7, 11) is 1.45. The third kappa shape index (κ3) is 2.54. The molecule has 1 N–H and O–H groups in total. The summed E-state index contributed by atoms with van der Waals surface area (Å²) >= 11 is 0. The molecule has 0 fully saturated rings. The molecule has 0 saturated carbocycles. The van der Waals surface area contributed by atoms with Crippen LogP contribution in [0.3, 0.4) is 0 Å². The van der Waals surface area contributed by atoms with Crippen molar-refractivity contribution in [1.29, 1.82) is 0 Å². The van der Waals surface area contributed by atoms with E-state index in [4.69, 9.17) is 4.74 Å². The van der Waals surface area contributed by atoms with Gasteiger partial charge in [0.2, 0.25) is 0 Å². The quantitative estimate of drug-likeness (QED) is 0.908. The Morgan fingerprint density at radius 1 is 1.30 bits per heavy atom. The smallest absolute Gasteiger partial charge is 0.326 e. The largest absolute Gasteiger partial charge is 0.480 e. The van der Waals surface area contributed by atoms with Gasteiger partial charge in [0.25, 0.3) is 5.91 Å². The molecular formula is C15H19NO4. The predicted octanol–water partition coefficient (Wildman–Crippen LogP) is 1.45. The minimum Gasteiger partial charge on any atom is -0.480 e. The topological polar surface area (TPSA) is 66.8 Å². The van der Waals surface area contributed by atoms with Gasteiger partial charge in [0.05, 0.1) is 0 Å². The van der Waals surface area contributed by atoms with Crippen LogP contribution in [0.15, 0.2) is 24.3 Å². The van der Waals surface area contributed by atoms with Crippen LogP contribution in [0.2, 0.25) is 0 Å². The fourth-order valence-electron chi connectivity index (χ4n) is 2.39. The fourth-order valence-corrected chi connectivity index (χ4v) is 2.39. The maximum Gasteiger partial charge on any atom is 0.326 e. The lowest BCUT2D eigenvalue weighted by molar-refractivity contribution is -0.162. The first-order valence-electron chi connectivity index (χ1n) is 6.52. The lowest BCUT2D eigenvalue weighted by atomic mass is 9.92. The average molecular weight is 277 g/mol. The van der Waals surface area contributed by atoms with Gasteiger partial charge in [-0.3, -0.25) is 4.79 Å². The molecule has 2 rings (SSSR count). The number of benzene rings is 1. The summed E-state index contributed by atoms with van der Waals surface area (Å²) in [5, 5.41) is 9.39. The summed E-state index contributed by atoms with van der Waals surface area (Å²) in [6.07, 6.45) is 0.330. The van der Waals surface area contributed by atoms with E-state index < -0.39 is 17.6 Å². The van der Waals surface area contributed by atoms with Gasteiger partial charge >= 0.3 is 5.97 Å². The molecule has 108 valence electrons. The van der Waals surface area contributed by atoms with Gasteiger partial charge in [0.1, 0.15) is 11.6 Å². The van der Waals surface area contributed by atoms with Gasteiger partial charge in [-0.1, -0.05) is 24.3 Å². The van der Waals surface area contributed by atoms with Crippen LogP contribution < -0.4 is 0 Å². The number of carboxylic acid groups (broad SMARTS) is 1. The second-order valence-corrected chi connectivity index (χ2v) is 5.47. The molecule has 0 spiro atoms. The first-order chi connectivity index (χ1) is 9.36. The van der Waals surface area contributed by atoms with Gasteiger partial charge in [-0.25, -0.2) is 4.79 Å². The van der Waals surface area contributed by atoms with Gasteiger partial charge < -0.3 is 14.7 Å². The molecule has 0 aliphatic carbocycles. The molecule has 1 atom stereocenters. The van der Waals surface area contributed by atoms with Crippen LogP contribution in [0.4, 0.5) is 0 Å². The Hall–Kier alpha value is -1.88. The highest BCUT2D eigenvalue weighted by Crippen LogP contribution is 2.26. The van der Waals surface area contributed by atoms with Gasteiger partial charge in [-0.05, 0) is 25.0 Å². The SMILES string of the molecule is COC(C)(C)C(=O)N1Cc2ccccc2CC1C(=O)O. The van der Waals surface area contributed by atoms with Crippen molar-refractivity contribution >= 4 is 11.9 Å². The van der Waals surface area contributed by atoms with Crippen molar-refractivity contribution in [3.8, 4) is 0 Å². The van der Waals surface area contributed by atoms with Crippen molar-refractivity contribution in [2.24, 2.45) is 0 Å². The van der Waals surface area contributed by atoms with Crippen molar-refractivity contribution < 1.29 is 19.4 Å². The zero-order valence-corrected chi connectivity index (χ0v) is 11.9. The van der Waals surface area contributed by atoms with Gasteiger partial charge in [0, 0.05) is 20.1 Å². The number of carbonyl (C=O) groups is 2. The van der Waals surface area contributed by atoms with E-state index in [0.717, 1.165) is 11.1 Å². The molecule has 0 aromatic heterocycles. The predicted molar refractivity (Wildman–Crippen MR) is 73.2 cm³/mol. The van der Waals surface area contributed by atoms with Crippen LogP contribution >= 0.6 is 0 Å².